The predicted octanol–water partition coefficient (Wildman–Crippen LogP) is 2.98. The lowest BCUT2D eigenvalue weighted by molar-refractivity contribution is -0.141. The van der Waals surface area contributed by atoms with E-state index in [0.29, 0.717) is 33.9 Å². The fourth-order valence-corrected chi connectivity index (χ4v) is 6.98. The van der Waals surface area contributed by atoms with Gasteiger partial charge in [0.25, 0.3) is 11.8 Å². The smallest absolute Gasteiger partial charge is 0.323 e. The maximum absolute atomic E-state index is 14.3. The first-order valence-electron chi connectivity index (χ1n) is 12.3. The van der Waals surface area contributed by atoms with Crippen molar-refractivity contribution in [1.82, 2.24) is 9.21 Å². The number of aryl methyl sites for hydroxylation is 2. The third-order valence-corrected chi connectivity index (χ3v) is 9.04. The monoisotopic (exact) mass is 566 g/mol. The van der Waals surface area contributed by atoms with E-state index in [9.17, 15) is 27.9 Å². The summed E-state index contributed by atoms with van der Waals surface area (Å²) in [6.45, 7) is 2.09. The van der Waals surface area contributed by atoms with Crippen molar-refractivity contribution in [3.05, 3.63) is 82.4 Å². The van der Waals surface area contributed by atoms with Crippen molar-refractivity contribution in [3.8, 4) is 17.2 Å². The molecule has 0 saturated heterocycles. The molecule has 2 aliphatic rings. The molecule has 0 bridgehead atoms. The number of carboxylic acids is 1. The second-order valence-corrected chi connectivity index (χ2v) is 11.3. The molecule has 1 atom stereocenters. The van der Waals surface area contributed by atoms with Crippen LogP contribution in [0.1, 0.15) is 37.4 Å². The number of amides is 2. The minimum atomic E-state index is -4.51. The van der Waals surface area contributed by atoms with Crippen LogP contribution >= 0.6 is 0 Å². The van der Waals surface area contributed by atoms with E-state index < -0.39 is 40.4 Å². The number of aliphatic carboxylic acids is 1. The number of carbonyl (C=O) groups is 3. The lowest BCUT2D eigenvalue weighted by Gasteiger charge is -2.31. The first-order valence-corrected chi connectivity index (χ1v) is 13.7. The van der Waals surface area contributed by atoms with E-state index in [4.69, 9.17) is 14.2 Å². The van der Waals surface area contributed by atoms with Crippen molar-refractivity contribution in [2.24, 2.45) is 0 Å². The second kappa shape index (κ2) is 10.3. The molecule has 0 fully saturated rings. The van der Waals surface area contributed by atoms with Crippen LogP contribution in [0.3, 0.4) is 0 Å². The summed E-state index contributed by atoms with van der Waals surface area (Å²) < 4.78 is 45.4. The van der Waals surface area contributed by atoms with Crippen molar-refractivity contribution in [1.29, 1.82) is 0 Å². The van der Waals surface area contributed by atoms with Crippen LogP contribution in [0, 0.1) is 13.8 Å². The molecule has 3 aromatic rings. The Morgan fingerprint density at radius 3 is 2.17 bits per heavy atom. The Bertz CT molecular complexity index is 1590. The average molecular weight is 567 g/mol. The Hall–Kier alpha value is -4.42. The second-order valence-electron chi connectivity index (χ2n) is 9.45. The van der Waals surface area contributed by atoms with Gasteiger partial charge in [0, 0.05) is 6.54 Å². The summed E-state index contributed by atoms with van der Waals surface area (Å²) in [7, 11) is -3.06. The quantitative estimate of drug-likeness (QED) is 0.387. The van der Waals surface area contributed by atoms with Crippen LogP contribution in [0.4, 0.5) is 0 Å². The third kappa shape index (κ3) is 4.65. The summed E-state index contributed by atoms with van der Waals surface area (Å²) in [5.74, 6) is -1.60. The molecule has 5 rings (SSSR count). The summed E-state index contributed by atoms with van der Waals surface area (Å²) in [5.41, 5.74) is 1.37. The van der Waals surface area contributed by atoms with Gasteiger partial charge < -0.3 is 19.3 Å². The average Bonchev–Trinajstić information content (AvgIpc) is 3.47. The molecular weight excluding hydrogens is 540 g/mol. The normalized spacial score (nSPS) is 14.9. The predicted molar refractivity (Wildman–Crippen MR) is 141 cm³/mol. The SMILES string of the molecule is COc1cc(C)c(S(=O)(=O)N(Cc2ccc3c(c2)OCO3)[C@H](CN2C(=O)c3ccccc3C2=O)C(=O)O)c(C)c1. The Balaban J connectivity index is 1.60. The van der Waals surface area contributed by atoms with E-state index in [1.807, 2.05) is 0 Å². The highest BCUT2D eigenvalue weighted by Crippen LogP contribution is 2.35. The molecule has 0 spiro atoms. The molecule has 0 radical (unpaired) electrons. The van der Waals surface area contributed by atoms with Crippen molar-refractivity contribution < 1.29 is 42.1 Å². The zero-order valence-corrected chi connectivity index (χ0v) is 22.7. The van der Waals surface area contributed by atoms with Crippen LogP contribution in [-0.2, 0) is 21.4 Å². The van der Waals surface area contributed by atoms with Gasteiger partial charge in [-0.1, -0.05) is 18.2 Å². The number of fused-ring (bicyclic) bond motifs is 2. The number of hydrogen-bond donors (Lipinski definition) is 1. The van der Waals surface area contributed by atoms with Gasteiger partial charge in [0.2, 0.25) is 16.8 Å². The first kappa shape index (κ1) is 27.2. The van der Waals surface area contributed by atoms with E-state index in [1.165, 1.54) is 19.2 Å². The molecule has 0 aliphatic carbocycles. The van der Waals surface area contributed by atoms with Gasteiger partial charge in [-0.3, -0.25) is 19.3 Å². The van der Waals surface area contributed by atoms with Crippen LogP contribution in [0.25, 0.3) is 0 Å². The fraction of sp³-hybridized carbons (Fsp3) is 0.250. The van der Waals surface area contributed by atoms with E-state index in [1.54, 1.807) is 56.3 Å². The molecular formula is C28H26N2O9S. The summed E-state index contributed by atoms with van der Waals surface area (Å²) >= 11 is 0. The van der Waals surface area contributed by atoms with Gasteiger partial charge >= 0.3 is 5.97 Å². The number of benzene rings is 3. The Morgan fingerprint density at radius 1 is 1.00 bits per heavy atom. The maximum atomic E-state index is 14.3. The molecule has 0 saturated carbocycles. The molecule has 0 unspecified atom stereocenters. The number of ether oxygens (including phenoxy) is 3. The van der Waals surface area contributed by atoms with Crippen molar-refractivity contribution in [2.75, 3.05) is 20.4 Å². The molecule has 1 N–H and O–H groups in total. The van der Waals surface area contributed by atoms with Gasteiger partial charge in [-0.2, -0.15) is 4.31 Å². The summed E-state index contributed by atoms with van der Waals surface area (Å²) in [4.78, 5) is 39.5. The summed E-state index contributed by atoms with van der Waals surface area (Å²) in [6.07, 6.45) is 0. The molecule has 12 heteroatoms. The molecule has 0 aromatic heterocycles. The fourth-order valence-electron chi connectivity index (χ4n) is 5.00. The van der Waals surface area contributed by atoms with Gasteiger partial charge in [-0.05, 0) is 66.9 Å². The largest absolute Gasteiger partial charge is 0.497 e. The highest BCUT2D eigenvalue weighted by atomic mass is 32.2. The first-order chi connectivity index (χ1) is 19.0. The molecule has 2 amide bonds. The Kier molecular flexibility index (Phi) is 6.98. The van der Waals surface area contributed by atoms with Gasteiger partial charge in [-0.25, -0.2) is 8.42 Å². The van der Waals surface area contributed by atoms with E-state index in [-0.39, 0.29) is 29.4 Å². The number of methoxy groups -OCH3 is 1. The Morgan fingerprint density at radius 2 is 1.60 bits per heavy atom. The maximum Gasteiger partial charge on any atom is 0.323 e. The van der Waals surface area contributed by atoms with Gasteiger partial charge in [0.15, 0.2) is 11.5 Å². The summed E-state index contributed by atoms with van der Waals surface area (Å²) in [6, 6.07) is 12.2. The summed E-state index contributed by atoms with van der Waals surface area (Å²) in [5, 5.41) is 10.3. The van der Waals surface area contributed by atoms with Gasteiger partial charge in [0.1, 0.15) is 11.8 Å². The molecule has 11 nitrogen and oxygen atoms in total. The minimum absolute atomic E-state index is 0.00251. The standard InChI is InChI=1S/C28H26N2O9S/c1-16-10-19(37-3)11-17(2)25(16)40(35,36)30(13-18-8-9-23-24(12-18)39-15-38-23)22(28(33)34)14-29-26(31)20-6-4-5-7-21(20)27(29)32/h4-12,22H,13-15H2,1-3H3,(H,33,34)/t22-/m1/s1. The van der Waals surface area contributed by atoms with Crippen LogP contribution in [0.5, 0.6) is 17.2 Å². The highest BCUT2D eigenvalue weighted by Gasteiger charge is 2.43. The zero-order chi connectivity index (χ0) is 28.8. The van der Waals surface area contributed by atoms with Gasteiger partial charge in [-0.15, -0.1) is 0 Å². The molecule has 208 valence electrons. The molecule has 40 heavy (non-hydrogen) atoms. The minimum Gasteiger partial charge on any atom is -0.497 e. The van der Waals surface area contributed by atoms with Crippen LogP contribution in [-0.4, -0.2) is 67.0 Å². The van der Waals surface area contributed by atoms with Crippen LogP contribution in [0.15, 0.2) is 59.5 Å². The molecule has 2 aliphatic heterocycles. The third-order valence-electron chi connectivity index (χ3n) is 6.88. The topological polar surface area (TPSA) is 140 Å². The number of hydrogen-bond acceptors (Lipinski definition) is 8. The van der Waals surface area contributed by atoms with Crippen molar-refractivity contribution in [3.63, 3.8) is 0 Å². The Labute approximate surface area is 230 Å². The van der Waals surface area contributed by atoms with Crippen molar-refractivity contribution >= 4 is 27.8 Å². The number of nitrogens with zero attached hydrogens (tertiary/aromatic N) is 2. The van der Waals surface area contributed by atoms with E-state index in [0.717, 1.165) is 9.21 Å². The number of carbonyl (C=O) groups excluding carboxylic acids is 2. The van der Waals surface area contributed by atoms with Gasteiger partial charge in [0.05, 0.1) is 29.7 Å². The number of sulfonamides is 1. The van der Waals surface area contributed by atoms with Crippen molar-refractivity contribution in [2.45, 2.75) is 31.3 Å². The van der Waals surface area contributed by atoms with Crippen LogP contribution < -0.4 is 14.2 Å². The van der Waals surface area contributed by atoms with Crippen LogP contribution in [0.2, 0.25) is 0 Å². The molecule has 3 aromatic carbocycles. The lowest BCUT2D eigenvalue weighted by atomic mass is 10.1. The zero-order valence-electron chi connectivity index (χ0n) is 21.9. The number of carboxylic acid groups (broad SMARTS) is 1. The molecule has 2 heterocycles. The lowest BCUT2D eigenvalue weighted by Crippen LogP contribution is -2.52. The highest BCUT2D eigenvalue weighted by molar-refractivity contribution is 7.89. The number of imide groups is 1. The number of rotatable bonds is 9. The van der Waals surface area contributed by atoms with E-state index in [2.05, 4.69) is 0 Å². The van der Waals surface area contributed by atoms with E-state index >= 15 is 0 Å².